The van der Waals surface area contributed by atoms with Crippen LogP contribution in [0.1, 0.15) is 5.56 Å². The zero-order valence-corrected chi connectivity index (χ0v) is 16.9. The van der Waals surface area contributed by atoms with Crippen LogP contribution in [-0.4, -0.2) is 21.2 Å². The summed E-state index contributed by atoms with van der Waals surface area (Å²) in [5.74, 6) is 0.229. The van der Waals surface area contributed by atoms with E-state index in [4.69, 9.17) is 4.98 Å². The van der Waals surface area contributed by atoms with E-state index in [1.807, 2.05) is 72.9 Å². The van der Waals surface area contributed by atoms with Gasteiger partial charge in [0.25, 0.3) is 0 Å². The lowest BCUT2D eigenvalue weighted by Crippen LogP contribution is -2.14. The third kappa shape index (κ3) is 4.76. The molecule has 0 aliphatic heterocycles. The number of hydrogen-bond donors (Lipinski definition) is 1. The van der Waals surface area contributed by atoms with Crippen LogP contribution < -0.4 is 5.32 Å². The monoisotopic (exact) mass is 399 g/mol. The van der Waals surface area contributed by atoms with Crippen molar-refractivity contribution in [3.8, 4) is 16.9 Å². The van der Waals surface area contributed by atoms with Crippen LogP contribution >= 0.6 is 11.8 Å². The molecule has 4 rings (SSSR count). The van der Waals surface area contributed by atoms with Gasteiger partial charge in [0.05, 0.1) is 11.4 Å². The standard InChI is InChI=1S/C24H21N3OS/c1-18-9-8-14-21(15-18)27-16-22(19-10-4-2-5-11-19)26-24(27)29-17-23(28)25-20-12-6-3-7-13-20/h2-16H,17H2,1H3,(H,25,28). The van der Waals surface area contributed by atoms with E-state index in [-0.39, 0.29) is 11.7 Å². The molecule has 29 heavy (non-hydrogen) atoms. The lowest BCUT2D eigenvalue weighted by Gasteiger charge is -2.08. The summed E-state index contributed by atoms with van der Waals surface area (Å²) in [6.45, 7) is 2.07. The average molecular weight is 400 g/mol. The molecule has 5 heteroatoms. The summed E-state index contributed by atoms with van der Waals surface area (Å²) < 4.78 is 2.05. The first-order valence-electron chi connectivity index (χ1n) is 9.38. The van der Waals surface area contributed by atoms with Gasteiger partial charge < -0.3 is 5.32 Å². The number of imidazole rings is 1. The predicted octanol–water partition coefficient (Wildman–Crippen LogP) is 5.58. The smallest absolute Gasteiger partial charge is 0.234 e. The predicted molar refractivity (Wildman–Crippen MR) is 120 cm³/mol. The normalized spacial score (nSPS) is 10.7. The molecule has 3 aromatic carbocycles. The van der Waals surface area contributed by atoms with Gasteiger partial charge in [0.1, 0.15) is 0 Å². The van der Waals surface area contributed by atoms with E-state index in [1.165, 1.54) is 17.3 Å². The molecule has 4 nitrogen and oxygen atoms in total. The molecule has 144 valence electrons. The Morgan fingerprint density at radius 1 is 0.966 bits per heavy atom. The Labute approximate surface area is 174 Å². The van der Waals surface area contributed by atoms with Crippen molar-refractivity contribution in [1.29, 1.82) is 0 Å². The minimum absolute atomic E-state index is 0.0544. The highest BCUT2D eigenvalue weighted by Crippen LogP contribution is 2.27. The molecule has 0 unspecified atom stereocenters. The van der Waals surface area contributed by atoms with Gasteiger partial charge in [-0.05, 0) is 36.8 Å². The number of thioether (sulfide) groups is 1. The highest BCUT2D eigenvalue weighted by atomic mass is 32.2. The number of aryl methyl sites for hydroxylation is 1. The highest BCUT2D eigenvalue weighted by molar-refractivity contribution is 7.99. The summed E-state index contributed by atoms with van der Waals surface area (Å²) >= 11 is 1.43. The SMILES string of the molecule is Cc1cccc(-n2cc(-c3ccccc3)nc2SCC(=O)Nc2ccccc2)c1. The molecule has 0 bridgehead atoms. The van der Waals surface area contributed by atoms with Crippen LogP contribution in [0.4, 0.5) is 5.69 Å². The lowest BCUT2D eigenvalue weighted by molar-refractivity contribution is -0.113. The second-order valence-electron chi connectivity index (χ2n) is 6.69. The van der Waals surface area contributed by atoms with Crippen molar-refractivity contribution in [2.75, 3.05) is 11.1 Å². The van der Waals surface area contributed by atoms with Gasteiger partial charge >= 0.3 is 0 Å². The van der Waals surface area contributed by atoms with Crippen LogP contribution in [0.25, 0.3) is 16.9 Å². The zero-order valence-electron chi connectivity index (χ0n) is 16.1. The van der Waals surface area contributed by atoms with E-state index in [0.29, 0.717) is 0 Å². The summed E-state index contributed by atoms with van der Waals surface area (Å²) in [6, 6.07) is 27.8. The molecular weight excluding hydrogens is 378 g/mol. The summed E-state index contributed by atoms with van der Waals surface area (Å²) in [5, 5.41) is 3.71. The van der Waals surface area contributed by atoms with E-state index in [0.717, 1.165) is 27.8 Å². The highest BCUT2D eigenvalue weighted by Gasteiger charge is 2.14. The van der Waals surface area contributed by atoms with Gasteiger partial charge in [0.2, 0.25) is 5.91 Å². The van der Waals surface area contributed by atoms with Gasteiger partial charge in [-0.2, -0.15) is 0 Å². The van der Waals surface area contributed by atoms with E-state index >= 15 is 0 Å². The first kappa shape index (κ1) is 19.0. The Hall–Kier alpha value is -3.31. The number of rotatable bonds is 6. The number of para-hydroxylation sites is 1. The van der Waals surface area contributed by atoms with Crippen molar-refractivity contribution >= 4 is 23.4 Å². The minimum Gasteiger partial charge on any atom is -0.325 e. The lowest BCUT2D eigenvalue weighted by atomic mass is 10.2. The van der Waals surface area contributed by atoms with Crippen LogP contribution in [0.5, 0.6) is 0 Å². The molecule has 1 amide bonds. The summed E-state index contributed by atoms with van der Waals surface area (Å²) in [4.78, 5) is 17.2. The second kappa shape index (κ2) is 8.80. The van der Waals surface area contributed by atoms with Gasteiger partial charge in [-0.25, -0.2) is 4.98 Å². The van der Waals surface area contributed by atoms with Crippen LogP contribution in [-0.2, 0) is 4.79 Å². The first-order valence-corrected chi connectivity index (χ1v) is 10.4. The number of anilines is 1. The maximum Gasteiger partial charge on any atom is 0.234 e. The molecule has 4 aromatic rings. The summed E-state index contributed by atoms with van der Waals surface area (Å²) in [6.07, 6.45) is 2.03. The molecule has 0 fully saturated rings. The van der Waals surface area contributed by atoms with Gasteiger partial charge in [-0.1, -0.05) is 72.4 Å². The third-order valence-electron chi connectivity index (χ3n) is 4.41. The van der Waals surface area contributed by atoms with Crippen molar-refractivity contribution in [1.82, 2.24) is 9.55 Å². The van der Waals surface area contributed by atoms with Crippen LogP contribution in [0.2, 0.25) is 0 Å². The molecule has 0 saturated heterocycles. The number of hydrogen-bond acceptors (Lipinski definition) is 3. The fraction of sp³-hybridized carbons (Fsp3) is 0.0833. The largest absolute Gasteiger partial charge is 0.325 e. The Kier molecular flexibility index (Phi) is 5.77. The van der Waals surface area contributed by atoms with E-state index in [2.05, 4.69) is 35.0 Å². The quantitative estimate of drug-likeness (QED) is 0.431. The van der Waals surface area contributed by atoms with Crippen LogP contribution in [0.3, 0.4) is 0 Å². The number of nitrogens with zero attached hydrogens (tertiary/aromatic N) is 2. The number of aromatic nitrogens is 2. The second-order valence-corrected chi connectivity index (χ2v) is 7.63. The molecule has 0 spiro atoms. The molecule has 0 radical (unpaired) electrons. The summed E-state index contributed by atoms with van der Waals surface area (Å²) in [7, 11) is 0. The first-order chi connectivity index (χ1) is 14.2. The van der Waals surface area contributed by atoms with E-state index in [1.54, 1.807) is 0 Å². The molecule has 1 heterocycles. The zero-order chi connectivity index (χ0) is 20.1. The Balaban J connectivity index is 1.59. The topological polar surface area (TPSA) is 46.9 Å². The number of benzene rings is 3. The average Bonchev–Trinajstić information content (AvgIpc) is 3.18. The Morgan fingerprint density at radius 2 is 1.69 bits per heavy atom. The van der Waals surface area contributed by atoms with Crippen molar-refractivity contribution in [3.63, 3.8) is 0 Å². The van der Waals surface area contributed by atoms with Crippen molar-refractivity contribution in [2.45, 2.75) is 12.1 Å². The molecule has 0 saturated carbocycles. The van der Waals surface area contributed by atoms with E-state index in [9.17, 15) is 4.79 Å². The van der Waals surface area contributed by atoms with Gasteiger partial charge in [0.15, 0.2) is 5.16 Å². The third-order valence-corrected chi connectivity index (χ3v) is 5.37. The van der Waals surface area contributed by atoms with Crippen LogP contribution in [0.15, 0.2) is 96.3 Å². The molecule has 1 aromatic heterocycles. The fourth-order valence-electron chi connectivity index (χ4n) is 3.02. The number of nitrogens with one attached hydrogen (secondary N) is 1. The van der Waals surface area contributed by atoms with Crippen molar-refractivity contribution < 1.29 is 4.79 Å². The minimum atomic E-state index is -0.0544. The Morgan fingerprint density at radius 3 is 2.41 bits per heavy atom. The van der Waals surface area contributed by atoms with Gasteiger partial charge in [0, 0.05) is 23.1 Å². The Bertz CT molecular complexity index is 1110. The molecular formula is C24H21N3OS. The van der Waals surface area contributed by atoms with E-state index < -0.39 is 0 Å². The molecule has 0 aliphatic rings. The fourth-order valence-corrected chi connectivity index (χ4v) is 3.82. The van der Waals surface area contributed by atoms with Crippen molar-refractivity contribution in [3.05, 3.63) is 96.7 Å². The maximum atomic E-state index is 12.4. The summed E-state index contributed by atoms with van der Waals surface area (Å²) in [5.41, 5.74) is 4.94. The van der Waals surface area contributed by atoms with Crippen LogP contribution in [0, 0.1) is 6.92 Å². The molecule has 0 aliphatic carbocycles. The van der Waals surface area contributed by atoms with Gasteiger partial charge in [-0.15, -0.1) is 0 Å². The number of carbonyl (C=O) groups excluding carboxylic acids is 1. The number of amides is 1. The van der Waals surface area contributed by atoms with Crippen molar-refractivity contribution in [2.24, 2.45) is 0 Å². The number of carbonyl (C=O) groups is 1. The molecule has 1 N–H and O–H groups in total. The van der Waals surface area contributed by atoms with Gasteiger partial charge in [-0.3, -0.25) is 9.36 Å². The molecule has 0 atom stereocenters. The maximum absolute atomic E-state index is 12.4.